The van der Waals surface area contributed by atoms with Gasteiger partial charge in [-0.2, -0.15) is 0 Å². The number of aryl methyl sites for hydroxylation is 1. The molecule has 140 valence electrons. The molecule has 0 spiro atoms. The Kier molecular flexibility index (Phi) is 7.85. The molecule has 1 atom stereocenters. The van der Waals surface area contributed by atoms with Crippen LogP contribution in [0.1, 0.15) is 38.7 Å². The number of benzene rings is 1. The van der Waals surface area contributed by atoms with Gasteiger partial charge in [0.2, 0.25) is 0 Å². The summed E-state index contributed by atoms with van der Waals surface area (Å²) < 4.78 is 11.2. The number of nitrogens with two attached hydrogens (primary N) is 1. The predicted molar refractivity (Wildman–Crippen MR) is 99.3 cm³/mol. The Hall–Kier alpha value is -1.95. The third-order valence-electron chi connectivity index (χ3n) is 4.27. The van der Waals surface area contributed by atoms with E-state index in [1.54, 1.807) is 0 Å². The van der Waals surface area contributed by atoms with E-state index < -0.39 is 0 Å². The maximum atomic E-state index is 12.1. The zero-order chi connectivity index (χ0) is 18.1. The van der Waals surface area contributed by atoms with Gasteiger partial charge in [-0.05, 0) is 57.2 Å². The van der Waals surface area contributed by atoms with E-state index in [-0.39, 0.29) is 12.1 Å². The molecule has 2 rings (SSSR count). The van der Waals surface area contributed by atoms with Crippen LogP contribution in [0.4, 0.5) is 4.79 Å². The smallest absolute Gasteiger partial charge is 0.317 e. The highest BCUT2D eigenvalue weighted by Crippen LogP contribution is 2.28. The zero-order valence-electron chi connectivity index (χ0n) is 15.4. The number of urea groups is 1. The van der Waals surface area contributed by atoms with Gasteiger partial charge in [0.05, 0.1) is 13.2 Å². The fourth-order valence-corrected chi connectivity index (χ4v) is 3.05. The summed E-state index contributed by atoms with van der Waals surface area (Å²) in [5.74, 6) is 1.57. The maximum absolute atomic E-state index is 12.1. The van der Waals surface area contributed by atoms with E-state index in [1.165, 1.54) is 5.56 Å². The normalized spacial score (nSPS) is 17.2. The van der Waals surface area contributed by atoms with E-state index in [2.05, 4.69) is 11.4 Å². The molecule has 1 fully saturated rings. The summed E-state index contributed by atoms with van der Waals surface area (Å²) in [7, 11) is 0. The molecule has 1 heterocycles. The third-order valence-corrected chi connectivity index (χ3v) is 4.27. The van der Waals surface area contributed by atoms with Crippen molar-refractivity contribution in [1.29, 1.82) is 0 Å². The lowest BCUT2D eigenvalue weighted by molar-refractivity contribution is 0.180. The first kappa shape index (κ1) is 19.4. The van der Waals surface area contributed by atoms with Crippen molar-refractivity contribution in [2.24, 2.45) is 5.73 Å². The average Bonchev–Trinajstić information content (AvgIpc) is 2.61. The van der Waals surface area contributed by atoms with Gasteiger partial charge >= 0.3 is 6.03 Å². The summed E-state index contributed by atoms with van der Waals surface area (Å²) in [4.78, 5) is 14.0. The van der Waals surface area contributed by atoms with Crippen molar-refractivity contribution in [3.8, 4) is 11.5 Å². The second kappa shape index (κ2) is 10.1. The first-order chi connectivity index (χ1) is 12.1. The second-order valence-corrected chi connectivity index (χ2v) is 6.33. The Labute approximate surface area is 150 Å². The molecule has 3 N–H and O–H groups in total. The van der Waals surface area contributed by atoms with Gasteiger partial charge < -0.3 is 25.4 Å². The number of ether oxygens (including phenoxy) is 2. The fourth-order valence-electron chi connectivity index (χ4n) is 3.05. The standard InChI is InChI=1S/C19H31N3O3/c1-3-24-17-10-9-15(13-18(17)25-4-2)7-5-11-21-19(23)22-12-6-8-16(20)14-22/h9-10,13,16H,3-8,11-12,14,20H2,1-2H3,(H,21,23)/t16-/m0/s1. The molecule has 1 aromatic rings. The number of carbonyl (C=O) groups excluding carboxylic acids is 1. The molecule has 1 saturated heterocycles. The van der Waals surface area contributed by atoms with E-state index >= 15 is 0 Å². The highest BCUT2D eigenvalue weighted by atomic mass is 16.5. The van der Waals surface area contributed by atoms with Gasteiger partial charge in [0.25, 0.3) is 0 Å². The fraction of sp³-hybridized carbons (Fsp3) is 0.632. The van der Waals surface area contributed by atoms with Crippen LogP contribution in [0.2, 0.25) is 0 Å². The molecule has 1 aliphatic rings. The second-order valence-electron chi connectivity index (χ2n) is 6.33. The molecular formula is C19H31N3O3. The molecule has 0 aromatic heterocycles. The summed E-state index contributed by atoms with van der Waals surface area (Å²) in [6.45, 7) is 7.26. The van der Waals surface area contributed by atoms with Crippen molar-refractivity contribution < 1.29 is 14.3 Å². The van der Waals surface area contributed by atoms with Gasteiger partial charge in [-0.3, -0.25) is 0 Å². The first-order valence-electron chi connectivity index (χ1n) is 9.30. The van der Waals surface area contributed by atoms with Crippen molar-refractivity contribution in [3.63, 3.8) is 0 Å². The van der Waals surface area contributed by atoms with Gasteiger partial charge in [0.15, 0.2) is 11.5 Å². The van der Waals surface area contributed by atoms with E-state index in [4.69, 9.17) is 15.2 Å². The van der Waals surface area contributed by atoms with Crippen LogP contribution >= 0.6 is 0 Å². The SMILES string of the molecule is CCOc1ccc(CCCNC(=O)N2CCC[C@H](N)C2)cc1OCC. The van der Waals surface area contributed by atoms with Gasteiger partial charge in [0, 0.05) is 25.7 Å². The summed E-state index contributed by atoms with van der Waals surface area (Å²) in [6, 6.07) is 6.15. The van der Waals surface area contributed by atoms with Crippen LogP contribution in [0.15, 0.2) is 18.2 Å². The van der Waals surface area contributed by atoms with E-state index in [0.717, 1.165) is 43.7 Å². The Morgan fingerprint density at radius 2 is 2.04 bits per heavy atom. The van der Waals surface area contributed by atoms with Crippen molar-refractivity contribution in [3.05, 3.63) is 23.8 Å². The number of carbonyl (C=O) groups is 1. The van der Waals surface area contributed by atoms with Crippen molar-refractivity contribution in [2.75, 3.05) is 32.8 Å². The molecule has 1 aromatic carbocycles. The van der Waals surface area contributed by atoms with Crippen LogP contribution in [-0.2, 0) is 6.42 Å². The summed E-state index contributed by atoms with van der Waals surface area (Å²) in [6.07, 6.45) is 3.75. The maximum Gasteiger partial charge on any atom is 0.317 e. The van der Waals surface area contributed by atoms with Crippen molar-refractivity contribution in [1.82, 2.24) is 10.2 Å². The molecule has 0 radical (unpaired) electrons. The van der Waals surface area contributed by atoms with E-state index in [9.17, 15) is 4.79 Å². The van der Waals surface area contributed by atoms with Crippen LogP contribution in [0, 0.1) is 0 Å². The topological polar surface area (TPSA) is 76.8 Å². The Balaban J connectivity index is 1.77. The van der Waals surface area contributed by atoms with Gasteiger partial charge in [-0.1, -0.05) is 6.07 Å². The van der Waals surface area contributed by atoms with Crippen LogP contribution in [-0.4, -0.2) is 49.8 Å². The predicted octanol–water partition coefficient (Wildman–Crippen LogP) is 2.55. The number of amides is 2. The van der Waals surface area contributed by atoms with Gasteiger partial charge in [-0.15, -0.1) is 0 Å². The minimum absolute atomic E-state index is 0.00292. The van der Waals surface area contributed by atoms with Crippen LogP contribution in [0.25, 0.3) is 0 Å². The monoisotopic (exact) mass is 349 g/mol. The van der Waals surface area contributed by atoms with E-state index in [0.29, 0.717) is 26.3 Å². The lowest BCUT2D eigenvalue weighted by Crippen LogP contribution is -2.49. The first-order valence-corrected chi connectivity index (χ1v) is 9.30. The summed E-state index contributed by atoms with van der Waals surface area (Å²) in [5.41, 5.74) is 7.10. The molecule has 1 aliphatic heterocycles. The minimum atomic E-state index is -0.00292. The lowest BCUT2D eigenvalue weighted by atomic mass is 10.1. The highest BCUT2D eigenvalue weighted by molar-refractivity contribution is 5.74. The zero-order valence-corrected chi connectivity index (χ0v) is 15.4. The van der Waals surface area contributed by atoms with Crippen LogP contribution in [0.5, 0.6) is 11.5 Å². The molecule has 2 amide bonds. The number of nitrogens with zero attached hydrogens (tertiary/aromatic N) is 1. The van der Waals surface area contributed by atoms with Crippen molar-refractivity contribution >= 4 is 6.03 Å². The van der Waals surface area contributed by atoms with Crippen molar-refractivity contribution in [2.45, 2.75) is 45.6 Å². The number of rotatable bonds is 8. The van der Waals surface area contributed by atoms with Gasteiger partial charge in [0.1, 0.15) is 0 Å². The highest BCUT2D eigenvalue weighted by Gasteiger charge is 2.20. The quantitative estimate of drug-likeness (QED) is 0.707. The molecule has 0 aliphatic carbocycles. The summed E-state index contributed by atoms with van der Waals surface area (Å²) >= 11 is 0. The number of hydrogen-bond acceptors (Lipinski definition) is 4. The third kappa shape index (κ3) is 6.12. The molecule has 0 saturated carbocycles. The Morgan fingerprint density at radius 3 is 2.76 bits per heavy atom. The lowest BCUT2D eigenvalue weighted by Gasteiger charge is -2.30. The molecular weight excluding hydrogens is 318 g/mol. The molecule has 6 nitrogen and oxygen atoms in total. The number of hydrogen-bond donors (Lipinski definition) is 2. The van der Waals surface area contributed by atoms with Crippen LogP contribution in [0.3, 0.4) is 0 Å². The van der Waals surface area contributed by atoms with E-state index in [1.807, 2.05) is 30.9 Å². The Morgan fingerprint density at radius 1 is 1.28 bits per heavy atom. The average molecular weight is 349 g/mol. The Bertz CT molecular complexity index is 551. The summed E-state index contributed by atoms with van der Waals surface area (Å²) in [5, 5.41) is 2.99. The number of piperidine rings is 1. The molecule has 6 heteroatoms. The molecule has 0 bridgehead atoms. The molecule has 0 unspecified atom stereocenters. The largest absolute Gasteiger partial charge is 0.490 e. The minimum Gasteiger partial charge on any atom is -0.490 e. The van der Waals surface area contributed by atoms with Gasteiger partial charge in [-0.25, -0.2) is 4.79 Å². The van der Waals surface area contributed by atoms with Crippen LogP contribution < -0.4 is 20.5 Å². The number of likely N-dealkylation sites (tertiary alicyclic amines) is 1. The molecule has 25 heavy (non-hydrogen) atoms. The number of nitrogens with one attached hydrogen (secondary N) is 1.